The van der Waals surface area contributed by atoms with E-state index in [0.29, 0.717) is 17.7 Å². The van der Waals surface area contributed by atoms with Gasteiger partial charge in [0.25, 0.3) is 0 Å². The molecule has 1 aliphatic rings. The van der Waals surface area contributed by atoms with E-state index in [-0.39, 0.29) is 23.8 Å². The third-order valence-electron chi connectivity index (χ3n) is 6.11. The molecule has 8 nitrogen and oxygen atoms in total. The van der Waals surface area contributed by atoms with Crippen LogP contribution >= 0.6 is 0 Å². The fourth-order valence-electron chi connectivity index (χ4n) is 3.87. The Bertz CT molecular complexity index is 1070. The van der Waals surface area contributed by atoms with Gasteiger partial charge in [-0.15, -0.1) is 0 Å². The smallest absolute Gasteiger partial charge is 0.315 e. The zero-order valence-electron chi connectivity index (χ0n) is 21.2. The zero-order chi connectivity index (χ0) is 26.3. The Labute approximate surface area is 203 Å². The quantitative estimate of drug-likeness (QED) is 0.355. The maximum atomic E-state index is 14.8. The molecule has 194 valence electrons. The Morgan fingerprint density at radius 3 is 2.26 bits per heavy atom. The van der Waals surface area contributed by atoms with Crippen LogP contribution in [0.25, 0.3) is 11.5 Å². The van der Waals surface area contributed by atoms with Gasteiger partial charge in [-0.25, -0.2) is 0 Å². The van der Waals surface area contributed by atoms with Gasteiger partial charge in [-0.05, 0) is 52.4 Å². The first-order valence-corrected chi connectivity index (χ1v) is 11.8. The molecule has 1 saturated carbocycles. The number of aromatic nitrogens is 2. The SMILES string of the molecule is CCC(C[C@H](C(=O)[O-])C(=O)OC(C)(C)C)c1noc(-c2cc(C(F)(F)C(C)(C)C)on2)c1C1CC1. The molecule has 1 unspecified atom stereocenters. The van der Waals surface area contributed by atoms with E-state index < -0.39 is 46.5 Å². The van der Waals surface area contributed by atoms with Crippen LogP contribution in [0.5, 0.6) is 0 Å². The highest BCUT2D eigenvalue weighted by atomic mass is 19.3. The molecule has 1 aliphatic carbocycles. The molecule has 10 heteroatoms. The second-order valence-corrected chi connectivity index (χ2v) is 11.2. The Morgan fingerprint density at radius 1 is 1.14 bits per heavy atom. The predicted molar refractivity (Wildman–Crippen MR) is 119 cm³/mol. The van der Waals surface area contributed by atoms with E-state index in [1.54, 1.807) is 20.8 Å². The van der Waals surface area contributed by atoms with E-state index in [2.05, 4.69) is 10.3 Å². The molecule has 1 fully saturated rings. The van der Waals surface area contributed by atoms with Crippen LogP contribution in [0.15, 0.2) is 15.1 Å². The number of hydrogen-bond donors (Lipinski definition) is 0. The molecule has 2 aromatic rings. The van der Waals surface area contributed by atoms with Crippen molar-refractivity contribution in [1.29, 1.82) is 0 Å². The molecule has 0 aromatic carbocycles. The lowest BCUT2D eigenvalue weighted by molar-refractivity contribution is -0.311. The Kier molecular flexibility index (Phi) is 7.16. The molecular formula is C25H33F2N2O6-. The second-order valence-electron chi connectivity index (χ2n) is 11.2. The lowest BCUT2D eigenvalue weighted by Gasteiger charge is -2.27. The number of nitrogens with zero attached hydrogens (tertiary/aromatic N) is 2. The third-order valence-corrected chi connectivity index (χ3v) is 6.11. The number of carbonyl (C=O) groups is 2. The lowest BCUT2D eigenvalue weighted by Crippen LogP contribution is -2.40. The van der Waals surface area contributed by atoms with Gasteiger partial charge in [-0.2, -0.15) is 8.78 Å². The number of hydrogen-bond acceptors (Lipinski definition) is 8. The van der Waals surface area contributed by atoms with Gasteiger partial charge in [0.15, 0.2) is 11.5 Å². The summed E-state index contributed by atoms with van der Waals surface area (Å²) in [6, 6.07) is 1.16. The molecule has 2 atom stereocenters. The number of halogens is 2. The minimum Gasteiger partial charge on any atom is -0.549 e. The molecule has 35 heavy (non-hydrogen) atoms. The highest BCUT2D eigenvalue weighted by Gasteiger charge is 2.49. The molecule has 0 spiro atoms. The molecule has 2 heterocycles. The van der Waals surface area contributed by atoms with Crippen molar-refractivity contribution in [2.75, 3.05) is 0 Å². The van der Waals surface area contributed by atoms with Gasteiger partial charge in [-0.3, -0.25) is 4.79 Å². The van der Waals surface area contributed by atoms with Gasteiger partial charge in [-0.1, -0.05) is 38.0 Å². The van der Waals surface area contributed by atoms with Gasteiger partial charge in [0.2, 0.25) is 5.76 Å². The number of alkyl halides is 2. The van der Waals surface area contributed by atoms with E-state index in [0.717, 1.165) is 18.9 Å². The minimum atomic E-state index is -3.26. The number of carboxylic acid groups (broad SMARTS) is 1. The van der Waals surface area contributed by atoms with Gasteiger partial charge in [0, 0.05) is 23.0 Å². The van der Waals surface area contributed by atoms with Crippen LogP contribution < -0.4 is 5.11 Å². The summed E-state index contributed by atoms with van der Waals surface area (Å²) >= 11 is 0. The van der Waals surface area contributed by atoms with E-state index in [1.165, 1.54) is 20.8 Å². The molecule has 0 amide bonds. The molecule has 0 aliphatic heterocycles. The standard InChI is InChI=1S/C25H34F2N2O6/c1-8-13(11-15(21(30)31)22(32)33-24(5,6)7)19-18(14-9-10-14)20(35-29-19)16-12-17(34-28-16)25(26,27)23(2,3)4/h12-15H,8-11H2,1-7H3,(H,30,31)/p-1/t13?,15-/m1/s1. The van der Waals surface area contributed by atoms with E-state index in [4.69, 9.17) is 13.8 Å². The van der Waals surface area contributed by atoms with Crippen molar-refractivity contribution in [3.8, 4) is 11.5 Å². The average molecular weight is 496 g/mol. The Morgan fingerprint density at radius 2 is 1.77 bits per heavy atom. The van der Waals surface area contributed by atoms with E-state index in [1.807, 2.05) is 6.92 Å². The van der Waals surface area contributed by atoms with Crippen LogP contribution in [0.4, 0.5) is 8.78 Å². The van der Waals surface area contributed by atoms with Crippen molar-refractivity contribution in [3.63, 3.8) is 0 Å². The van der Waals surface area contributed by atoms with Crippen molar-refractivity contribution in [2.45, 2.75) is 97.5 Å². The second kappa shape index (κ2) is 9.35. The Balaban J connectivity index is 1.95. The van der Waals surface area contributed by atoms with Crippen LogP contribution in [0.2, 0.25) is 0 Å². The monoisotopic (exact) mass is 495 g/mol. The topological polar surface area (TPSA) is 118 Å². The summed E-state index contributed by atoms with van der Waals surface area (Å²) in [4.78, 5) is 24.3. The van der Waals surface area contributed by atoms with E-state index >= 15 is 0 Å². The summed E-state index contributed by atoms with van der Waals surface area (Å²) in [5, 5.41) is 19.8. The van der Waals surface area contributed by atoms with Crippen molar-refractivity contribution in [1.82, 2.24) is 10.3 Å². The number of aliphatic carboxylic acids is 1. The van der Waals surface area contributed by atoms with Crippen LogP contribution in [0.3, 0.4) is 0 Å². The molecule has 2 aromatic heterocycles. The number of rotatable bonds is 9. The summed E-state index contributed by atoms with van der Waals surface area (Å²) in [6.45, 7) is 11.0. The first-order valence-electron chi connectivity index (χ1n) is 11.8. The summed E-state index contributed by atoms with van der Waals surface area (Å²) in [5.41, 5.74) is -0.955. The summed E-state index contributed by atoms with van der Waals surface area (Å²) < 4.78 is 45.4. The Hall–Kier alpha value is -2.78. The molecule has 0 saturated heterocycles. The van der Waals surface area contributed by atoms with Crippen LogP contribution in [0, 0.1) is 11.3 Å². The van der Waals surface area contributed by atoms with Gasteiger partial charge >= 0.3 is 11.9 Å². The fraction of sp³-hybridized carbons (Fsp3) is 0.680. The summed E-state index contributed by atoms with van der Waals surface area (Å²) in [7, 11) is 0. The van der Waals surface area contributed by atoms with Crippen molar-refractivity contribution < 1.29 is 37.3 Å². The van der Waals surface area contributed by atoms with Gasteiger partial charge in [0.1, 0.15) is 5.60 Å². The van der Waals surface area contributed by atoms with Crippen molar-refractivity contribution in [2.24, 2.45) is 11.3 Å². The molecule has 3 rings (SSSR count). The largest absolute Gasteiger partial charge is 0.549 e. The van der Waals surface area contributed by atoms with Crippen LogP contribution in [-0.2, 0) is 20.2 Å². The minimum absolute atomic E-state index is 0.0755. The summed E-state index contributed by atoms with van der Waals surface area (Å²) in [6.07, 6.45) is 2.06. The highest BCUT2D eigenvalue weighted by molar-refractivity contribution is 5.93. The van der Waals surface area contributed by atoms with Crippen LogP contribution in [-0.4, -0.2) is 27.9 Å². The number of carboxylic acids is 1. The van der Waals surface area contributed by atoms with Crippen molar-refractivity contribution in [3.05, 3.63) is 23.1 Å². The predicted octanol–water partition coefficient (Wildman–Crippen LogP) is 4.94. The number of carbonyl (C=O) groups excluding carboxylic acids is 2. The zero-order valence-corrected chi connectivity index (χ0v) is 21.2. The molecule has 0 radical (unpaired) electrons. The van der Waals surface area contributed by atoms with Crippen LogP contribution in [0.1, 0.15) is 103 Å². The molecular weight excluding hydrogens is 462 g/mol. The van der Waals surface area contributed by atoms with Gasteiger partial charge in [0.05, 0.1) is 17.6 Å². The van der Waals surface area contributed by atoms with E-state index in [9.17, 15) is 23.5 Å². The number of ether oxygens (including phenoxy) is 1. The first-order chi connectivity index (χ1) is 16.1. The third kappa shape index (κ3) is 5.73. The lowest BCUT2D eigenvalue weighted by atomic mass is 9.86. The van der Waals surface area contributed by atoms with Crippen molar-refractivity contribution >= 4 is 11.9 Å². The van der Waals surface area contributed by atoms with Gasteiger partial charge < -0.3 is 23.7 Å². The first kappa shape index (κ1) is 26.8. The molecule has 0 bridgehead atoms. The maximum Gasteiger partial charge on any atom is 0.315 e. The molecule has 0 N–H and O–H groups in total. The number of esters is 1. The fourth-order valence-corrected chi connectivity index (χ4v) is 3.87. The normalized spacial score (nSPS) is 16.7. The maximum absolute atomic E-state index is 14.8. The summed E-state index contributed by atoms with van der Waals surface area (Å²) in [5.74, 6) is -7.89. The highest BCUT2D eigenvalue weighted by Crippen LogP contribution is 2.50. The average Bonchev–Trinajstić information content (AvgIpc) is 3.25.